The largest absolute Gasteiger partial charge is 0.397 e. The van der Waals surface area contributed by atoms with Crippen LogP contribution in [0.1, 0.15) is 0 Å². The average molecular weight is 227 g/mol. The number of hydrogen-bond donors (Lipinski definition) is 2. The van der Waals surface area contributed by atoms with E-state index in [0.717, 1.165) is 5.69 Å². The summed E-state index contributed by atoms with van der Waals surface area (Å²) in [4.78, 5) is 11.3. The van der Waals surface area contributed by atoms with Crippen LogP contribution in [-0.4, -0.2) is 20.1 Å². The fraction of sp³-hybridized carbons (Fsp3) is 0. The second-order valence-electron chi connectivity index (χ2n) is 3.45. The van der Waals surface area contributed by atoms with Crippen LogP contribution in [0.3, 0.4) is 0 Å². The van der Waals surface area contributed by atoms with Crippen LogP contribution in [0.5, 0.6) is 0 Å². The van der Waals surface area contributed by atoms with Crippen LogP contribution in [0.4, 0.5) is 5.69 Å². The Kier molecular flexibility index (Phi) is 2.11. The van der Waals surface area contributed by atoms with Gasteiger partial charge in [-0.3, -0.25) is 0 Å². The standard InChI is InChI=1S/C11H9N5O/c12-7-3-1-6-14-9(7)11-15-10(16-17-11)8-4-2-5-13-8/h1-6,13H,12H2. The van der Waals surface area contributed by atoms with Crippen molar-refractivity contribution in [1.29, 1.82) is 0 Å². The molecule has 0 saturated heterocycles. The lowest BCUT2D eigenvalue weighted by molar-refractivity contribution is 0.431. The second-order valence-corrected chi connectivity index (χ2v) is 3.45. The Morgan fingerprint density at radius 3 is 2.94 bits per heavy atom. The molecule has 0 fully saturated rings. The molecule has 3 heterocycles. The van der Waals surface area contributed by atoms with Crippen molar-refractivity contribution in [2.45, 2.75) is 0 Å². The van der Waals surface area contributed by atoms with Gasteiger partial charge >= 0.3 is 0 Å². The normalized spacial score (nSPS) is 10.6. The summed E-state index contributed by atoms with van der Waals surface area (Å²) in [5, 5.41) is 3.86. The molecule has 0 saturated carbocycles. The van der Waals surface area contributed by atoms with E-state index >= 15 is 0 Å². The minimum absolute atomic E-state index is 0.313. The molecular weight excluding hydrogens is 218 g/mol. The van der Waals surface area contributed by atoms with Crippen LogP contribution in [0.25, 0.3) is 23.1 Å². The monoisotopic (exact) mass is 227 g/mol. The fourth-order valence-electron chi connectivity index (χ4n) is 1.49. The molecule has 0 aliphatic rings. The van der Waals surface area contributed by atoms with Crippen molar-refractivity contribution in [3.63, 3.8) is 0 Å². The first-order chi connectivity index (χ1) is 8.34. The number of nitrogen functional groups attached to an aromatic ring is 1. The minimum Gasteiger partial charge on any atom is -0.397 e. The van der Waals surface area contributed by atoms with E-state index in [2.05, 4.69) is 20.1 Å². The highest BCUT2D eigenvalue weighted by atomic mass is 16.5. The van der Waals surface area contributed by atoms with Crippen LogP contribution >= 0.6 is 0 Å². The number of aromatic nitrogens is 4. The van der Waals surface area contributed by atoms with Crippen LogP contribution in [0.2, 0.25) is 0 Å². The molecule has 3 aromatic rings. The molecule has 3 aromatic heterocycles. The van der Waals surface area contributed by atoms with Crippen molar-refractivity contribution < 1.29 is 4.52 Å². The van der Waals surface area contributed by atoms with Crippen LogP contribution in [-0.2, 0) is 0 Å². The van der Waals surface area contributed by atoms with Crippen LogP contribution in [0, 0.1) is 0 Å². The third kappa shape index (κ3) is 1.65. The van der Waals surface area contributed by atoms with Gasteiger partial charge in [-0.25, -0.2) is 4.98 Å². The number of nitrogens with zero attached hydrogens (tertiary/aromatic N) is 3. The zero-order chi connectivity index (χ0) is 11.7. The summed E-state index contributed by atoms with van der Waals surface area (Å²) in [5.74, 6) is 0.794. The molecule has 0 unspecified atom stereocenters. The van der Waals surface area contributed by atoms with Gasteiger partial charge in [0.25, 0.3) is 5.89 Å². The number of pyridine rings is 1. The highest BCUT2D eigenvalue weighted by Gasteiger charge is 2.13. The molecule has 6 nitrogen and oxygen atoms in total. The van der Waals surface area contributed by atoms with E-state index in [-0.39, 0.29) is 0 Å². The molecule has 0 atom stereocenters. The molecule has 3 rings (SSSR count). The highest BCUT2D eigenvalue weighted by Crippen LogP contribution is 2.23. The lowest BCUT2D eigenvalue weighted by Crippen LogP contribution is -1.92. The summed E-state index contributed by atoms with van der Waals surface area (Å²) in [5.41, 5.74) is 7.58. The number of rotatable bonds is 2. The lowest BCUT2D eigenvalue weighted by atomic mass is 10.3. The van der Waals surface area contributed by atoms with E-state index in [1.807, 2.05) is 12.1 Å². The smallest absolute Gasteiger partial charge is 0.279 e. The number of hydrogen-bond acceptors (Lipinski definition) is 5. The summed E-state index contributed by atoms with van der Waals surface area (Å²) in [6.07, 6.45) is 3.42. The Morgan fingerprint density at radius 1 is 1.24 bits per heavy atom. The van der Waals surface area contributed by atoms with Gasteiger partial charge in [0.1, 0.15) is 0 Å². The van der Waals surface area contributed by atoms with Gasteiger partial charge in [0.15, 0.2) is 5.69 Å². The van der Waals surface area contributed by atoms with Gasteiger partial charge in [-0.2, -0.15) is 4.98 Å². The van der Waals surface area contributed by atoms with Gasteiger partial charge in [0.05, 0.1) is 11.4 Å². The summed E-state index contributed by atoms with van der Waals surface area (Å²) >= 11 is 0. The van der Waals surface area contributed by atoms with E-state index in [9.17, 15) is 0 Å². The Labute approximate surface area is 96.5 Å². The summed E-state index contributed by atoms with van der Waals surface area (Å²) in [6.45, 7) is 0. The molecule has 84 valence electrons. The molecule has 0 aliphatic carbocycles. The number of aromatic amines is 1. The quantitative estimate of drug-likeness (QED) is 0.695. The SMILES string of the molecule is Nc1cccnc1-c1nc(-c2ccc[nH]2)no1. The maximum atomic E-state index is 5.78. The number of nitrogens with one attached hydrogen (secondary N) is 1. The molecule has 0 amide bonds. The van der Waals surface area contributed by atoms with E-state index in [0.29, 0.717) is 23.1 Å². The first-order valence-corrected chi connectivity index (χ1v) is 5.03. The molecule has 0 aliphatic heterocycles. The van der Waals surface area contributed by atoms with Crippen molar-refractivity contribution in [3.05, 3.63) is 36.7 Å². The Bertz CT molecular complexity index is 629. The molecule has 0 spiro atoms. The summed E-state index contributed by atoms with van der Waals surface area (Å²) in [6, 6.07) is 7.21. The number of anilines is 1. The third-order valence-corrected chi connectivity index (χ3v) is 2.31. The zero-order valence-corrected chi connectivity index (χ0v) is 8.79. The third-order valence-electron chi connectivity index (χ3n) is 2.31. The topological polar surface area (TPSA) is 93.6 Å². The first-order valence-electron chi connectivity index (χ1n) is 5.03. The van der Waals surface area contributed by atoms with Gasteiger partial charge in [0.2, 0.25) is 5.82 Å². The molecule has 3 N–H and O–H groups in total. The van der Waals surface area contributed by atoms with Crippen LogP contribution < -0.4 is 5.73 Å². The van der Waals surface area contributed by atoms with Crippen molar-refractivity contribution >= 4 is 5.69 Å². The number of nitrogens with two attached hydrogens (primary N) is 1. The highest BCUT2D eigenvalue weighted by molar-refractivity contribution is 5.66. The fourth-order valence-corrected chi connectivity index (χ4v) is 1.49. The predicted octanol–water partition coefficient (Wildman–Crippen LogP) is 1.71. The van der Waals surface area contributed by atoms with Gasteiger partial charge in [-0.15, -0.1) is 0 Å². The van der Waals surface area contributed by atoms with Gasteiger partial charge in [-0.1, -0.05) is 5.16 Å². The molecule has 0 radical (unpaired) electrons. The summed E-state index contributed by atoms with van der Waals surface area (Å²) < 4.78 is 5.13. The summed E-state index contributed by atoms with van der Waals surface area (Å²) in [7, 11) is 0. The molecule has 0 bridgehead atoms. The van der Waals surface area contributed by atoms with Crippen molar-refractivity contribution in [2.75, 3.05) is 5.73 Å². The zero-order valence-electron chi connectivity index (χ0n) is 8.79. The van der Waals surface area contributed by atoms with E-state index in [1.165, 1.54) is 0 Å². The second kappa shape index (κ2) is 3.75. The molecule has 17 heavy (non-hydrogen) atoms. The average Bonchev–Trinajstić information content (AvgIpc) is 3.00. The van der Waals surface area contributed by atoms with Gasteiger partial charge < -0.3 is 15.2 Å². The lowest BCUT2D eigenvalue weighted by Gasteiger charge is -1.96. The molecular formula is C11H9N5O. The van der Waals surface area contributed by atoms with Crippen molar-refractivity contribution in [1.82, 2.24) is 20.1 Å². The molecule has 6 heteroatoms. The van der Waals surface area contributed by atoms with Crippen molar-refractivity contribution in [3.8, 4) is 23.1 Å². The maximum Gasteiger partial charge on any atom is 0.279 e. The van der Waals surface area contributed by atoms with E-state index in [1.54, 1.807) is 24.5 Å². The van der Waals surface area contributed by atoms with E-state index in [4.69, 9.17) is 10.3 Å². The van der Waals surface area contributed by atoms with Gasteiger partial charge in [0, 0.05) is 12.4 Å². The predicted molar refractivity (Wildman–Crippen MR) is 61.7 cm³/mol. The Morgan fingerprint density at radius 2 is 2.18 bits per heavy atom. The Hall–Kier alpha value is -2.63. The first kappa shape index (κ1) is 9.59. The van der Waals surface area contributed by atoms with E-state index < -0.39 is 0 Å². The van der Waals surface area contributed by atoms with Crippen molar-refractivity contribution in [2.24, 2.45) is 0 Å². The van der Waals surface area contributed by atoms with Gasteiger partial charge in [-0.05, 0) is 24.3 Å². The van der Waals surface area contributed by atoms with Crippen LogP contribution in [0.15, 0.2) is 41.2 Å². The number of H-pyrrole nitrogens is 1. The molecule has 0 aromatic carbocycles. The maximum absolute atomic E-state index is 5.78. The minimum atomic E-state index is 0.313. The Balaban J connectivity index is 2.04.